The van der Waals surface area contributed by atoms with Crippen molar-refractivity contribution in [3.8, 4) is 0 Å². The molecule has 0 aliphatic heterocycles. The van der Waals surface area contributed by atoms with Gasteiger partial charge in [-0.1, -0.05) is 60.7 Å². The molecule has 1 N–H and O–H groups in total. The van der Waals surface area contributed by atoms with E-state index < -0.39 is 13.5 Å². The molecule has 0 amide bonds. The Labute approximate surface area is 115 Å². The smallest absolute Gasteiger partial charge is 0.143 e. The van der Waals surface area contributed by atoms with Crippen molar-refractivity contribution in [2.45, 2.75) is 12.8 Å². The lowest BCUT2D eigenvalue weighted by Crippen LogP contribution is -2.18. The van der Waals surface area contributed by atoms with Crippen LogP contribution in [0, 0.1) is 0 Å². The van der Waals surface area contributed by atoms with Gasteiger partial charge in [-0.05, 0) is 12.8 Å². The van der Waals surface area contributed by atoms with Crippen LogP contribution in [0.3, 0.4) is 0 Å². The molecule has 0 aromatic heterocycles. The van der Waals surface area contributed by atoms with Crippen molar-refractivity contribution in [2.24, 2.45) is 0 Å². The number of hydrogen-bond donors (Lipinski definition) is 1. The summed E-state index contributed by atoms with van der Waals surface area (Å²) < 4.78 is 21.1. The van der Waals surface area contributed by atoms with E-state index in [-0.39, 0.29) is 6.61 Å². The average Bonchev–Trinajstić information content (AvgIpc) is 2.54. The van der Waals surface area contributed by atoms with Gasteiger partial charge in [0.1, 0.15) is 7.14 Å². The van der Waals surface area contributed by atoms with Crippen molar-refractivity contribution in [2.75, 3.05) is 12.8 Å². The Balaban J connectivity index is 2.37. The zero-order chi connectivity index (χ0) is 14.4. The van der Waals surface area contributed by atoms with Crippen LogP contribution in [0.2, 0.25) is 0 Å². The summed E-state index contributed by atoms with van der Waals surface area (Å²) in [5.41, 5.74) is 0. The molecule has 19 heavy (non-hydrogen) atoms. The number of aliphatic hydroxyl groups excluding tert-OH is 1. The van der Waals surface area contributed by atoms with E-state index >= 15 is 0 Å². The average molecular weight is 275 g/mol. The second kappa shape index (κ2) is 6.70. The van der Waals surface area contributed by atoms with Gasteiger partial charge in [0.15, 0.2) is 0 Å². The fourth-order valence-electron chi connectivity index (χ4n) is 2.11. The van der Waals surface area contributed by atoms with Crippen LogP contribution in [0.1, 0.15) is 14.2 Å². The van der Waals surface area contributed by atoms with Crippen LogP contribution < -0.4 is 10.6 Å². The largest absolute Gasteiger partial charge is 0.396 e. The third-order valence-corrected chi connectivity index (χ3v) is 6.28. The van der Waals surface area contributed by atoms with E-state index in [1.54, 1.807) is 0 Å². The van der Waals surface area contributed by atoms with E-state index in [9.17, 15) is 4.57 Å². The summed E-state index contributed by atoms with van der Waals surface area (Å²) >= 11 is 0. The Morgan fingerprint density at radius 1 is 0.947 bits per heavy atom. The SMILES string of the molecule is [2H]C(CO)CCP(=O)(c1ccccc1)c1ccccc1. The van der Waals surface area contributed by atoms with Crippen molar-refractivity contribution < 1.29 is 11.0 Å². The lowest BCUT2D eigenvalue weighted by molar-refractivity contribution is 0.287. The van der Waals surface area contributed by atoms with E-state index in [0.29, 0.717) is 12.6 Å². The van der Waals surface area contributed by atoms with Crippen LogP contribution in [0.5, 0.6) is 0 Å². The Bertz CT molecular complexity index is 528. The molecule has 2 aromatic carbocycles. The fourth-order valence-corrected chi connectivity index (χ4v) is 4.78. The van der Waals surface area contributed by atoms with Crippen LogP contribution in [0.15, 0.2) is 60.7 Å². The molecule has 100 valence electrons. The molecule has 0 saturated carbocycles. The second-order valence-corrected chi connectivity index (χ2v) is 7.35. The first-order chi connectivity index (χ1) is 9.66. The Morgan fingerprint density at radius 3 is 1.84 bits per heavy atom. The minimum atomic E-state index is -2.72. The number of hydrogen-bond acceptors (Lipinski definition) is 2. The van der Waals surface area contributed by atoms with Crippen LogP contribution in [0.4, 0.5) is 0 Å². The summed E-state index contributed by atoms with van der Waals surface area (Å²) in [6.07, 6.45) is 0.267. The van der Waals surface area contributed by atoms with E-state index in [1.165, 1.54) is 0 Å². The highest BCUT2D eigenvalue weighted by Crippen LogP contribution is 2.43. The second-order valence-electron chi connectivity index (χ2n) is 4.39. The number of benzene rings is 2. The van der Waals surface area contributed by atoms with Crippen LogP contribution >= 0.6 is 7.14 Å². The van der Waals surface area contributed by atoms with E-state index in [1.807, 2.05) is 60.7 Å². The molecular weight excluding hydrogens is 255 g/mol. The molecule has 0 aliphatic carbocycles. The number of rotatable bonds is 6. The lowest BCUT2D eigenvalue weighted by atomic mass is 10.3. The molecule has 0 heterocycles. The van der Waals surface area contributed by atoms with Gasteiger partial charge >= 0.3 is 0 Å². The van der Waals surface area contributed by atoms with Gasteiger partial charge in [0.2, 0.25) is 0 Å². The Kier molecular flexibility index (Phi) is 4.46. The number of aliphatic hydroxyl groups is 1. The summed E-state index contributed by atoms with van der Waals surface area (Å²) in [5.74, 6) is 0. The normalized spacial score (nSPS) is 13.8. The van der Waals surface area contributed by atoms with Crippen LogP contribution in [-0.4, -0.2) is 17.9 Å². The molecule has 0 saturated heterocycles. The first kappa shape index (κ1) is 12.7. The first-order valence-electron chi connectivity index (χ1n) is 6.98. The van der Waals surface area contributed by atoms with Gasteiger partial charge in [-0.15, -0.1) is 0 Å². The lowest BCUT2D eigenvalue weighted by Gasteiger charge is -2.19. The van der Waals surface area contributed by atoms with E-state index in [0.717, 1.165) is 10.6 Å². The molecule has 1 atom stereocenters. The minimum absolute atomic E-state index is 0.191. The summed E-state index contributed by atoms with van der Waals surface area (Å²) in [6, 6.07) is 18.9. The van der Waals surface area contributed by atoms with E-state index in [2.05, 4.69) is 0 Å². The molecule has 2 rings (SSSR count). The first-order valence-corrected chi connectivity index (χ1v) is 8.29. The topological polar surface area (TPSA) is 37.3 Å². The highest BCUT2D eigenvalue weighted by molar-refractivity contribution is 7.78. The maximum atomic E-state index is 13.5. The molecule has 2 nitrogen and oxygen atoms in total. The molecule has 0 radical (unpaired) electrons. The van der Waals surface area contributed by atoms with E-state index in [4.69, 9.17) is 6.48 Å². The van der Waals surface area contributed by atoms with Crippen molar-refractivity contribution in [3.05, 3.63) is 60.7 Å². The zero-order valence-electron chi connectivity index (χ0n) is 11.8. The summed E-state index contributed by atoms with van der Waals surface area (Å²) in [7, 11) is -2.72. The molecule has 0 spiro atoms. The third kappa shape index (κ3) is 3.34. The van der Waals surface area contributed by atoms with Crippen molar-refractivity contribution >= 4 is 17.8 Å². The van der Waals surface area contributed by atoms with Crippen LogP contribution in [0.25, 0.3) is 0 Å². The summed E-state index contributed by atoms with van der Waals surface area (Å²) in [5, 5.41) is 10.6. The van der Waals surface area contributed by atoms with Gasteiger partial charge in [0.25, 0.3) is 0 Å². The van der Waals surface area contributed by atoms with Gasteiger partial charge in [-0.25, -0.2) is 0 Å². The highest BCUT2D eigenvalue weighted by atomic mass is 31.2. The summed E-state index contributed by atoms with van der Waals surface area (Å²) in [4.78, 5) is 0. The van der Waals surface area contributed by atoms with Gasteiger partial charge in [-0.3, -0.25) is 0 Å². The zero-order valence-corrected chi connectivity index (χ0v) is 11.7. The maximum absolute atomic E-state index is 13.5. The fraction of sp³-hybridized carbons (Fsp3) is 0.250. The molecule has 1 unspecified atom stereocenters. The molecular formula is C16H19O2P. The highest BCUT2D eigenvalue weighted by Gasteiger charge is 2.25. The maximum Gasteiger partial charge on any atom is 0.143 e. The molecule has 0 aliphatic rings. The van der Waals surface area contributed by atoms with Gasteiger partial charge in [0, 0.05) is 24.7 Å². The predicted octanol–water partition coefficient (Wildman–Crippen LogP) is 2.77. The molecule has 0 bridgehead atoms. The van der Waals surface area contributed by atoms with Crippen molar-refractivity contribution in [1.29, 1.82) is 0 Å². The van der Waals surface area contributed by atoms with Gasteiger partial charge in [-0.2, -0.15) is 0 Å². The van der Waals surface area contributed by atoms with Gasteiger partial charge in [0.05, 0.1) is 0 Å². The standard InChI is InChI=1S/C16H19O2P/c17-13-7-8-14-19(18,15-9-3-1-4-10-15)16-11-5-2-6-12-16/h1-6,9-12,17H,7-8,13-14H2/i7D. The monoisotopic (exact) mass is 275 g/mol. The summed E-state index contributed by atoms with van der Waals surface area (Å²) in [6.45, 7) is -0.191. The van der Waals surface area contributed by atoms with Gasteiger partial charge < -0.3 is 9.67 Å². The predicted molar refractivity (Wildman–Crippen MR) is 80.9 cm³/mol. The van der Waals surface area contributed by atoms with Crippen molar-refractivity contribution in [1.82, 2.24) is 0 Å². The third-order valence-electron chi connectivity index (χ3n) is 3.12. The molecule has 0 fully saturated rings. The van der Waals surface area contributed by atoms with Crippen LogP contribution in [-0.2, 0) is 4.57 Å². The Hall–Kier alpha value is -1.37. The molecule has 2 aromatic rings. The minimum Gasteiger partial charge on any atom is -0.396 e. The van der Waals surface area contributed by atoms with Crippen molar-refractivity contribution in [3.63, 3.8) is 0 Å². The molecule has 3 heteroatoms. The Morgan fingerprint density at radius 2 is 1.42 bits per heavy atom. The quantitative estimate of drug-likeness (QED) is 0.823.